The minimum absolute atomic E-state index is 0. The average Bonchev–Trinajstić information content (AvgIpc) is 3.01. The van der Waals surface area contributed by atoms with E-state index in [9.17, 15) is 5.11 Å². The lowest BCUT2D eigenvalue weighted by atomic mass is 9.63. The van der Waals surface area contributed by atoms with E-state index in [4.69, 9.17) is 0 Å². The largest absolute Gasteiger partial charge is 0.389 e. The Morgan fingerprint density at radius 2 is 1.74 bits per heavy atom. The Kier molecular flexibility index (Phi) is 4.55. The number of halogens is 1. The molecule has 3 unspecified atom stereocenters. The number of nitrogens with zero attached hydrogens (tertiary/aromatic N) is 1. The number of fused-ring (bicyclic) bond motifs is 2. The molecule has 19 heavy (non-hydrogen) atoms. The van der Waals surface area contributed by atoms with Gasteiger partial charge in [0.25, 0.3) is 0 Å². The summed E-state index contributed by atoms with van der Waals surface area (Å²) in [5.41, 5.74) is -0.212. The molecule has 1 N–H and O–H groups in total. The summed E-state index contributed by atoms with van der Waals surface area (Å²) in [5.74, 6) is 1.37. The number of hydrogen-bond acceptors (Lipinski definition) is 2. The van der Waals surface area contributed by atoms with Gasteiger partial charge in [0.15, 0.2) is 0 Å². The van der Waals surface area contributed by atoms with Crippen molar-refractivity contribution in [2.45, 2.75) is 64.4 Å². The summed E-state index contributed by atoms with van der Waals surface area (Å²) in [5, 5.41) is 11.2. The second-order valence-corrected chi connectivity index (χ2v) is 7.51. The van der Waals surface area contributed by atoms with Crippen LogP contribution in [0.25, 0.3) is 0 Å². The maximum atomic E-state index is 11.2. The van der Waals surface area contributed by atoms with Crippen molar-refractivity contribution in [1.29, 1.82) is 0 Å². The summed E-state index contributed by atoms with van der Waals surface area (Å²) in [6, 6.07) is 0. The van der Waals surface area contributed by atoms with Crippen molar-refractivity contribution in [2.75, 3.05) is 19.6 Å². The minimum Gasteiger partial charge on any atom is -0.389 e. The molecule has 3 rings (SSSR count). The number of aliphatic hydroxyl groups is 1. The molecule has 3 fully saturated rings. The number of hydrogen-bond donors (Lipinski definition) is 1. The zero-order valence-electron chi connectivity index (χ0n) is 12.5. The third kappa shape index (κ3) is 2.45. The highest BCUT2D eigenvalue weighted by atomic mass is 35.5. The van der Waals surface area contributed by atoms with Gasteiger partial charge >= 0.3 is 0 Å². The van der Waals surface area contributed by atoms with Crippen LogP contribution in [0.15, 0.2) is 0 Å². The summed E-state index contributed by atoms with van der Waals surface area (Å²) in [4.78, 5) is 2.57. The van der Waals surface area contributed by atoms with Gasteiger partial charge in [0.2, 0.25) is 0 Å². The van der Waals surface area contributed by atoms with Crippen molar-refractivity contribution in [3.63, 3.8) is 0 Å². The minimum atomic E-state index is -0.365. The van der Waals surface area contributed by atoms with Crippen LogP contribution in [0.4, 0.5) is 0 Å². The van der Waals surface area contributed by atoms with Crippen molar-refractivity contribution in [2.24, 2.45) is 17.3 Å². The van der Waals surface area contributed by atoms with Crippen LogP contribution in [0.1, 0.15) is 58.8 Å². The standard InChI is InChI=1S/C16H29NO.ClH/c1-15(2)13-6-7-14(12-13)16(15,18)8-5-11-17-9-3-4-10-17;/h13-14,18H,3-12H2,1-2H3;1H. The van der Waals surface area contributed by atoms with Crippen LogP contribution in [0.3, 0.4) is 0 Å². The van der Waals surface area contributed by atoms with Gasteiger partial charge in [0.05, 0.1) is 5.60 Å². The second kappa shape index (κ2) is 5.54. The van der Waals surface area contributed by atoms with Gasteiger partial charge in [-0.25, -0.2) is 0 Å². The van der Waals surface area contributed by atoms with E-state index in [0.717, 1.165) is 12.3 Å². The fourth-order valence-electron chi connectivity index (χ4n) is 5.06. The van der Waals surface area contributed by atoms with Crippen LogP contribution >= 0.6 is 12.4 Å². The third-order valence-electron chi connectivity index (χ3n) is 6.48. The maximum absolute atomic E-state index is 11.2. The van der Waals surface area contributed by atoms with E-state index >= 15 is 0 Å². The molecule has 1 saturated heterocycles. The first kappa shape index (κ1) is 15.6. The van der Waals surface area contributed by atoms with E-state index in [-0.39, 0.29) is 23.4 Å². The maximum Gasteiger partial charge on any atom is 0.0729 e. The molecule has 2 bridgehead atoms. The predicted octanol–water partition coefficient (Wildman–Crippen LogP) is 3.47. The molecule has 1 heterocycles. The van der Waals surface area contributed by atoms with Gasteiger partial charge in [-0.05, 0) is 81.8 Å². The highest BCUT2D eigenvalue weighted by Gasteiger charge is 2.61. The van der Waals surface area contributed by atoms with E-state index in [1.54, 1.807) is 0 Å². The fourth-order valence-corrected chi connectivity index (χ4v) is 5.06. The van der Waals surface area contributed by atoms with Crippen molar-refractivity contribution in [1.82, 2.24) is 4.90 Å². The summed E-state index contributed by atoms with van der Waals surface area (Å²) in [6.45, 7) is 8.40. The Hall–Kier alpha value is 0.210. The zero-order valence-corrected chi connectivity index (χ0v) is 13.3. The third-order valence-corrected chi connectivity index (χ3v) is 6.48. The molecular formula is C16H30ClNO. The van der Waals surface area contributed by atoms with E-state index in [1.807, 2.05) is 0 Å². The van der Waals surface area contributed by atoms with Crippen molar-refractivity contribution in [3.8, 4) is 0 Å². The molecule has 0 aromatic rings. The molecule has 0 aromatic carbocycles. The van der Waals surface area contributed by atoms with Crippen molar-refractivity contribution < 1.29 is 5.11 Å². The first-order valence-electron chi connectivity index (χ1n) is 7.99. The van der Waals surface area contributed by atoms with Gasteiger partial charge in [0.1, 0.15) is 0 Å². The highest BCUT2D eigenvalue weighted by Crippen LogP contribution is 2.62. The first-order valence-corrected chi connectivity index (χ1v) is 7.99. The molecule has 2 saturated carbocycles. The molecule has 0 radical (unpaired) electrons. The lowest BCUT2D eigenvalue weighted by Crippen LogP contribution is -2.49. The molecule has 1 aliphatic heterocycles. The summed E-state index contributed by atoms with van der Waals surface area (Å²) >= 11 is 0. The highest BCUT2D eigenvalue weighted by molar-refractivity contribution is 5.85. The van der Waals surface area contributed by atoms with Gasteiger partial charge in [-0.15, -0.1) is 12.4 Å². The number of likely N-dealkylation sites (tertiary alicyclic amines) is 1. The molecule has 3 heteroatoms. The Labute approximate surface area is 124 Å². The van der Waals surface area contributed by atoms with Crippen LogP contribution in [-0.2, 0) is 0 Å². The molecule has 0 spiro atoms. The van der Waals surface area contributed by atoms with Gasteiger partial charge in [0, 0.05) is 0 Å². The Balaban J connectivity index is 0.00000133. The molecule has 3 aliphatic rings. The summed E-state index contributed by atoms with van der Waals surface area (Å²) < 4.78 is 0. The molecule has 0 amide bonds. The summed E-state index contributed by atoms with van der Waals surface area (Å²) in [6.07, 6.45) is 8.87. The quantitative estimate of drug-likeness (QED) is 0.856. The first-order chi connectivity index (χ1) is 8.54. The predicted molar refractivity (Wildman–Crippen MR) is 81.7 cm³/mol. The Bertz CT molecular complexity index is 314. The smallest absolute Gasteiger partial charge is 0.0729 e. The topological polar surface area (TPSA) is 23.5 Å². The Morgan fingerprint density at radius 1 is 1.11 bits per heavy atom. The normalized spacial score (nSPS) is 40.6. The van der Waals surface area contributed by atoms with E-state index in [2.05, 4.69) is 18.7 Å². The SMILES string of the molecule is CC1(C)C2CCC(C2)C1(O)CCCN1CCCC1.Cl. The number of rotatable bonds is 4. The van der Waals surface area contributed by atoms with E-state index in [1.165, 1.54) is 58.2 Å². The van der Waals surface area contributed by atoms with Crippen molar-refractivity contribution >= 4 is 12.4 Å². The van der Waals surface area contributed by atoms with Crippen LogP contribution in [0, 0.1) is 17.3 Å². The lowest BCUT2D eigenvalue weighted by Gasteiger charge is -2.46. The van der Waals surface area contributed by atoms with E-state index in [0.29, 0.717) is 5.92 Å². The zero-order chi connectivity index (χ0) is 12.8. The lowest BCUT2D eigenvalue weighted by molar-refractivity contribution is -0.113. The van der Waals surface area contributed by atoms with Gasteiger partial charge < -0.3 is 10.0 Å². The van der Waals surface area contributed by atoms with Crippen LogP contribution in [-0.4, -0.2) is 35.2 Å². The molecule has 2 aliphatic carbocycles. The molecule has 2 nitrogen and oxygen atoms in total. The van der Waals surface area contributed by atoms with Crippen LogP contribution in [0.5, 0.6) is 0 Å². The van der Waals surface area contributed by atoms with E-state index < -0.39 is 0 Å². The fraction of sp³-hybridized carbons (Fsp3) is 1.00. The van der Waals surface area contributed by atoms with Crippen LogP contribution < -0.4 is 0 Å². The van der Waals surface area contributed by atoms with Gasteiger partial charge in [-0.3, -0.25) is 0 Å². The molecular weight excluding hydrogens is 258 g/mol. The van der Waals surface area contributed by atoms with Crippen molar-refractivity contribution in [3.05, 3.63) is 0 Å². The molecule has 0 aromatic heterocycles. The van der Waals surface area contributed by atoms with Gasteiger partial charge in [-0.2, -0.15) is 0 Å². The molecule has 3 atom stereocenters. The van der Waals surface area contributed by atoms with Gasteiger partial charge in [-0.1, -0.05) is 13.8 Å². The monoisotopic (exact) mass is 287 g/mol. The van der Waals surface area contributed by atoms with Crippen LogP contribution in [0.2, 0.25) is 0 Å². The molecule has 112 valence electrons. The second-order valence-electron chi connectivity index (χ2n) is 7.51. The Morgan fingerprint density at radius 3 is 2.32 bits per heavy atom. The summed E-state index contributed by atoms with van der Waals surface area (Å²) in [7, 11) is 0. The average molecular weight is 288 g/mol.